The molecule has 4 rings (SSSR count). The van der Waals surface area contributed by atoms with E-state index >= 15 is 0 Å². The molecule has 2 saturated heterocycles. The number of carbonyl (C=O) groups is 1. The first kappa shape index (κ1) is 13.2. The van der Waals surface area contributed by atoms with Crippen molar-refractivity contribution in [1.82, 2.24) is 4.90 Å². The summed E-state index contributed by atoms with van der Waals surface area (Å²) in [6, 6.07) is 0.750. The molecule has 0 aromatic rings. The van der Waals surface area contributed by atoms with Gasteiger partial charge < -0.3 is 4.74 Å². The summed E-state index contributed by atoms with van der Waals surface area (Å²) >= 11 is 0. The number of fused-ring (bicyclic) bond motifs is 3. The van der Waals surface area contributed by atoms with Gasteiger partial charge in [-0.3, -0.25) is 4.90 Å². The third-order valence-electron chi connectivity index (χ3n) is 5.27. The van der Waals surface area contributed by atoms with E-state index < -0.39 is 5.60 Å². The molecular formula is C18H21NO2. The molecule has 2 bridgehead atoms. The van der Waals surface area contributed by atoms with Crippen molar-refractivity contribution in [2.24, 2.45) is 0 Å². The summed E-state index contributed by atoms with van der Waals surface area (Å²) in [5.41, 5.74) is 1.70. The number of rotatable bonds is 1. The van der Waals surface area contributed by atoms with Crippen molar-refractivity contribution >= 4 is 5.97 Å². The zero-order valence-electron chi connectivity index (χ0n) is 12.5. The van der Waals surface area contributed by atoms with Crippen LogP contribution in [0, 0.1) is 11.8 Å². The summed E-state index contributed by atoms with van der Waals surface area (Å²) < 4.78 is 5.87. The fourth-order valence-electron chi connectivity index (χ4n) is 4.45. The van der Waals surface area contributed by atoms with E-state index in [1.165, 1.54) is 12.8 Å². The molecule has 0 aromatic heterocycles. The van der Waals surface area contributed by atoms with Gasteiger partial charge in [-0.25, -0.2) is 4.79 Å². The monoisotopic (exact) mass is 283 g/mol. The Hall–Kier alpha value is -1.53. The smallest absolute Gasteiger partial charge is 0.332 e. The number of carbonyl (C=O) groups excluding carboxylic acids is 1. The molecule has 110 valence electrons. The number of unbranched alkanes of at least 4 members (excludes halogenated alkanes) is 1. The molecule has 4 aliphatic rings. The van der Waals surface area contributed by atoms with E-state index in [2.05, 4.69) is 29.7 Å². The van der Waals surface area contributed by atoms with Crippen molar-refractivity contribution in [3.05, 3.63) is 23.3 Å². The average Bonchev–Trinajstić information content (AvgIpc) is 2.96. The number of esters is 1. The number of hydrogen-bond donors (Lipinski definition) is 0. The Morgan fingerprint density at radius 2 is 2.38 bits per heavy atom. The Bertz CT molecular complexity index is 606. The lowest BCUT2D eigenvalue weighted by molar-refractivity contribution is -0.148. The predicted molar refractivity (Wildman–Crippen MR) is 80.4 cm³/mol. The molecule has 3 atom stereocenters. The summed E-state index contributed by atoms with van der Waals surface area (Å²) in [5, 5.41) is 0. The molecule has 1 spiro atoms. The van der Waals surface area contributed by atoms with Crippen LogP contribution in [0.1, 0.15) is 45.4 Å². The van der Waals surface area contributed by atoms with Crippen molar-refractivity contribution < 1.29 is 9.53 Å². The lowest BCUT2D eigenvalue weighted by Crippen LogP contribution is -2.48. The van der Waals surface area contributed by atoms with Gasteiger partial charge in [0.05, 0.1) is 6.04 Å². The lowest BCUT2D eigenvalue weighted by Gasteiger charge is -2.38. The first-order valence-corrected chi connectivity index (χ1v) is 8.16. The Labute approximate surface area is 126 Å². The molecule has 0 aromatic carbocycles. The molecule has 3 nitrogen and oxygen atoms in total. The summed E-state index contributed by atoms with van der Waals surface area (Å²) in [4.78, 5) is 14.5. The van der Waals surface area contributed by atoms with Gasteiger partial charge in [0.15, 0.2) is 5.60 Å². The fourth-order valence-corrected chi connectivity index (χ4v) is 4.45. The van der Waals surface area contributed by atoms with Crippen LogP contribution in [0.4, 0.5) is 0 Å². The Morgan fingerprint density at radius 1 is 1.48 bits per heavy atom. The standard InChI is InChI=1S/C18H21NO2/c1-2-3-4-7-13-10-14-12-18(15(13)11-17(20)21-18)16-8-5-6-9-19(14)16/h10-11,14,16H,2-3,5-6,8-9,12H2,1H3/t14-,16-,18+/m1/s1. The maximum atomic E-state index is 11.9. The molecular weight excluding hydrogens is 262 g/mol. The molecule has 3 heteroatoms. The summed E-state index contributed by atoms with van der Waals surface area (Å²) in [6.45, 7) is 3.25. The average molecular weight is 283 g/mol. The lowest BCUT2D eigenvalue weighted by atomic mass is 9.77. The summed E-state index contributed by atoms with van der Waals surface area (Å²) in [6.07, 6.45) is 10.5. The normalized spacial score (nSPS) is 36.9. The Kier molecular flexibility index (Phi) is 2.97. The van der Waals surface area contributed by atoms with Gasteiger partial charge >= 0.3 is 5.97 Å². The summed E-state index contributed by atoms with van der Waals surface area (Å²) in [7, 11) is 0. The highest BCUT2D eigenvalue weighted by molar-refractivity contribution is 5.90. The van der Waals surface area contributed by atoms with Gasteiger partial charge in [-0.15, -0.1) is 0 Å². The van der Waals surface area contributed by atoms with Crippen LogP contribution in [-0.4, -0.2) is 35.1 Å². The highest BCUT2D eigenvalue weighted by Crippen LogP contribution is 2.53. The van der Waals surface area contributed by atoms with E-state index in [9.17, 15) is 4.79 Å². The van der Waals surface area contributed by atoms with Gasteiger partial charge in [-0.05, 0) is 25.8 Å². The molecule has 21 heavy (non-hydrogen) atoms. The van der Waals surface area contributed by atoms with Crippen LogP contribution in [-0.2, 0) is 9.53 Å². The number of nitrogens with zero attached hydrogens (tertiary/aromatic N) is 1. The molecule has 1 aliphatic carbocycles. The van der Waals surface area contributed by atoms with Gasteiger partial charge in [0.1, 0.15) is 0 Å². The van der Waals surface area contributed by atoms with Crippen molar-refractivity contribution in [3.8, 4) is 11.8 Å². The summed E-state index contributed by atoms with van der Waals surface area (Å²) in [5.74, 6) is 6.36. The third kappa shape index (κ3) is 1.82. The van der Waals surface area contributed by atoms with Crippen molar-refractivity contribution in [1.29, 1.82) is 0 Å². The van der Waals surface area contributed by atoms with Gasteiger partial charge in [-0.1, -0.05) is 31.3 Å². The van der Waals surface area contributed by atoms with Crippen molar-refractivity contribution in [2.75, 3.05) is 6.54 Å². The van der Waals surface area contributed by atoms with E-state index in [1.807, 2.05) is 0 Å². The van der Waals surface area contributed by atoms with E-state index in [0.717, 1.165) is 43.4 Å². The zero-order chi connectivity index (χ0) is 14.4. The van der Waals surface area contributed by atoms with E-state index in [1.54, 1.807) is 6.08 Å². The second-order valence-electron chi connectivity index (χ2n) is 6.52. The second-order valence-corrected chi connectivity index (χ2v) is 6.52. The van der Waals surface area contributed by atoms with Gasteiger partial charge in [0.2, 0.25) is 0 Å². The largest absolute Gasteiger partial charge is 0.449 e. The second kappa shape index (κ2) is 4.74. The zero-order valence-corrected chi connectivity index (χ0v) is 12.5. The maximum absolute atomic E-state index is 11.9. The molecule has 0 radical (unpaired) electrons. The molecule has 0 saturated carbocycles. The number of piperidine rings is 1. The quantitative estimate of drug-likeness (QED) is 0.547. The molecule has 2 fully saturated rings. The predicted octanol–water partition coefficient (Wildman–Crippen LogP) is 2.58. The maximum Gasteiger partial charge on any atom is 0.332 e. The first-order chi connectivity index (χ1) is 10.2. The first-order valence-electron chi connectivity index (χ1n) is 8.16. The van der Waals surface area contributed by atoms with E-state index in [4.69, 9.17) is 4.74 Å². The van der Waals surface area contributed by atoms with Crippen molar-refractivity contribution in [2.45, 2.75) is 63.1 Å². The highest BCUT2D eigenvalue weighted by Gasteiger charge is 2.61. The van der Waals surface area contributed by atoms with E-state index in [-0.39, 0.29) is 5.97 Å². The van der Waals surface area contributed by atoms with Crippen LogP contribution in [0.15, 0.2) is 23.3 Å². The van der Waals surface area contributed by atoms with Crippen LogP contribution < -0.4 is 0 Å². The topological polar surface area (TPSA) is 29.5 Å². The molecule has 3 aliphatic heterocycles. The molecule has 0 amide bonds. The fraction of sp³-hybridized carbons (Fsp3) is 0.611. The Balaban J connectivity index is 1.77. The van der Waals surface area contributed by atoms with Gasteiger partial charge in [0.25, 0.3) is 0 Å². The van der Waals surface area contributed by atoms with Crippen LogP contribution in [0.3, 0.4) is 0 Å². The molecule has 0 N–H and O–H groups in total. The number of ether oxygens (including phenoxy) is 1. The van der Waals surface area contributed by atoms with Crippen LogP contribution in [0.5, 0.6) is 0 Å². The minimum atomic E-state index is -0.396. The molecule has 0 unspecified atom stereocenters. The molecule has 3 heterocycles. The van der Waals surface area contributed by atoms with Crippen LogP contribution >= 0.6 is 0 Å². The highest BCUT2D eigenvalue weighted by atomic mass is 16.6. The van der Waals surface area contributed by atoms with Crippen LogP contribution in [0.25, 0.3) is 0 Å². The number of hydrogen-bond acceptors (Lipinski definition) is 3. The third-order valence-corrected chi connectivity index (χ3v) is 5.27. The van der Waals surface area contributed by atoms with Gasteiger partial charge in [0, 0.05) is 36.1 Å². The minimum Gasteiger partial charge on any atom is -0.449 e. The SMILES string of the molecule is CCCC#CC1=C[C@@H]2C[C@@]3(OC(=O)C=C13)[C@H]1CCCCN21. The Morgan fingerprint density at radius 3 is 3.24 bits per heavy atom. The minimum absolute atomic E-state index is 0.179. The van der Waals surface area contributed by atoms with E-state index in [0.29, 0.717) is 12.1 Å². The van der Waals surface area contributed by atoms with Crippen molar-refractivity contribution in [3.63, 3.8) is 0 Å². The van der Waals surface area contributed by atoms with Gasteiger partial charge in [-0.2, -0.15) is 0 Å². The van der Waals surface area contributed by atoms with Crippen LogP contribution in [0.2, 0.25) is 0 Å².